The third-order valence-electron chi connectivity index (χ3n) is 5.70. The summed E-state index contributed by atoms with van der Waals surface area (Å²) in [5, 5.41) is 0. The van der Waals surface area contributed by atoms with Crippen LogP contribution < -0.4 is 0 Å². The van der Waals surface area contributed by atoms with E-state index in [-0.39, 0.29) is 22.6 Å². The summed E-state index contributed by atoms with van der Waals surface area (Å²) in [6, 6.07) is -0.0749. The lowest BCUT2D eigenvalue weighted by atomic mass is 9.71. The lowest BCUT2D eigenvalue weighted by Crippen LogP contribution is -2.54. The Morgan fingerprint density at radius 2 is 2.05 bits per heavy atom. The highest BCUT2D eigenvalue weighted by molar-refractivity contribution is 5.13. The number of rotatable bonds is 3. The first-order valence-electron chi connectivity index (χ1n) is 7.90. The molecule has 116 valence electrons. The van der Waals surface area contributed by atoms with Crippen LogP contribution in [-0.4, -0.2) is 54.6 Å². The van der Waals surface area contributed by atoms with Crippen LogP contribution in [0.1, 0.15) is 47.0 Å². The van der Waals surface area contributed by atoms with Gasteiger partial charge in [0.25, 0.3) is 0 Å². The van der Waals surface area contributed by atoms with Gasteiger partial charge in [-0.1, -0.05) is 20.8 Å². The van der Waals surface area contributed by atoms with Gasteiger partial charge in [0.15, 0.2) is 0 Å². The molecule has 20 heavy (non-hydrogen) atoms. The average molecular weight is 285 g/mol. The number of hydrogen-bond acceptors (Lipinski definition) is 3. The minimum absolute atomic E-state index is 0.0253. The summed E-state index contributed by atoms with van der Waals surface area (Å²) in [6.45, 7) is 11.6. The molecule has 3 nitrogen and oxygen atoms in total. The van der Waals surface area contributed by atoms with Crippen molar-refractivity contribution in [3.8, 4) is 0 Å². The van der Waals surface area contributed by atoms with Gasteiger partial charge in [0.05, 0.1) is 25.9 Å². The number of hydrogen-bond donors (Lipinski definition) is 0. The van der Waals surface area contributed by atoms with Crippen LogP contribution in [0.4, 0.5) is 4.39 Å². The summed E-state index contributed by atoms with van der Waals surface area (Å²) in [5.41, 5.74) is -0.0457. The Morgan fingerprint density at radius 1 is 1.35 bits per heavy atom. The predicted molar refractivity (Wildman–Crippen MR) is 76.6 cm³/mol. The second-order valence-electron chi connectivity index (χ2n) is 8.12. The van der Waals surface area contributed by atoms with Crippen molar-refractivity contribution in [2.24, 2.45) is 5.41 Å². The van der Waals surface area contributed by atoms with Gasteiger partial charge in [-0.05, 0) is 38.1 Å². The minimum Gasteiger partial charge on any atom is -0.375 e. The van der Waals surface area contributed by atoms with E-state index in [1.807, 2.05) is 0 Å². The van der Waals surface area contributed by atoms with E-state index in [9.17, 15) is 4.39 Å². The molecule has 0 amide bonds. The van der Waals surface area contributed by atoms with Crippen molar-refractivity contribution >= 4 is 0 Å². The van der Waals surface area contributed by atoms with Crippen LogP contribution in [0.15, 0.2) is 0 Å². The number of nitrogens with zero attached hydrogens (tertiary/aromatic N) is 1. The summed E-state index contributed by atoms with van der Waals surface area (Å²) in [7, 11) is 0. The molecule has 4 heteroatoms. The molecule has 3 atom stereocenters. The minimum atomic E-state index is -0.765. The second-order valence-corrected chi connectivity index (χ2v) is 8.12. The first-order chi connectivity index (χ1) is 9.28. The Kier molecular flexibility index (Phi) is 3.43. The Labute approximate surface area is 121 Å². The van der Waals surface area contributed by atoms with E-state index in [1.54, 1.807) is 0 Å². The highest BCUT2D eigenvalue weighted by atomic mass is 19.1. The van der Waals surface area contributed by atoms with Crippen LogP contribution in [0.25, 0.3) is 0 Å². The zero-order valence-electron chi connectivity index (χ0n) is 13.2. The summed E-state index contributed by atoms with van der Waals surface area (Å²) >= 11 is 0. The molecule has 0 spiro atoms. The number of fused-ring (bicyclic) bond motifs is 1. The van der Waals surface area contributed by atoms with Crippen molar-refractivity contribution < 1.29 is 13.9 Å². The molecular formula is C16H28FNO2. The first-order valence-corrected chi connectivity index (χ1v) is 7.90. The average Bonchev–Trinajstić information content (AvgIpc) is 2.81. The quantitative estimate of drug-likeness (QED) is 0.796. The van der Waals surface area contributed by atoms with E-state index in [1.165, 1.54) is 6.42 Å². The van der Waals surface area contributed by atoms with Crippen molar-refractivity contribution in [2.75, 3.05) is 26.4 Å². The van der Waals surface area contributed by atoms with Crippen LogP contribution in [0.2, 0.25) is 0 Å². The lowest BCUT2D eigenvalue weighted by molar-refractivity contribution is -0.206. The maximum absolute atomic E-state index is 14.6. The molecule has 0 aromatic rings. The van der Waals surface area contributed by atoms with Crippen LogP contribution in [0, 0.1) is 5.41 Å². The van der Waals surface area contributed by atoms with Crippen LogP contribution in [-0.2, 0) is 9.47 Å². The van der Waals surface area contributed by atoms with Gasteiger partial charge in [-0.3, -0.25) is 4.90 Å². The number of alkyl halides is 1. The monoisotopic (exact) mass is 285 g/mol. The molecule has 3 saturated heterocycles. The molecule has 0 bridgehead atoms. The molecule has 0 saturated carbocycles. The van der Waals surface area contributed by atoms with Gasteiger partial charge in [-0.2, -0.15) is 0 Å². The van der Waals surface area contributed by atoms with E-state index in [2.05, 4.69) is 32.6 Å². The Balaban J connectivity index is 1.72. The van der Waals surface area contributed by atoms with Crippen LogP contribution in [0.3, 0.4) is 0 Å². The molecule has 3 heterocycles. The molecule has 3 aliphatic rings. The third kappa shape index (κ3) is 2.11. The van der Waals surface area contributed by atoms with Gasteiger partial charge >= 0.3 is 0 Å². The molecule has 0 radical (unpaired) electrons. The summed E-state index contributed by atoms with van der Waals surface area (Å²) in [5.74, 6) is 0. The first kappa shape index (κ1) is 14.7. The van der Waals surface area contributed by atoms with E-state index in [0.717, 1.165) is 13.0 Å². The van der Waals surface area contributed by atoms with Crippen LogP contribution in [0.5, 0.6) is 0 Å². The van der Waals surface area contributed by atoms with E-state index < -0.39 is 6.17 Å². The van der Waals surface area contributed by atoms with Gasteiger partial charge in [-0.15, -0.1) is 0 Å². The van der Waals surface area contributed by atoms with E-state index in [0.29, 0.717) is 26.2 Å². The molecule has 3 rings (SSSR count). The fourth-order valence-electron chi connectivity index (χ4n) is 4.32. The Morgan fingerprint density at radius 3 is 2.60 bits per heavy atom. The SMILES string of the molecule is CC1(OCC2C(F)CC3(C(C)(C)C)CCCN23)COC1. The maximum Gasteiger partial charge on any atom is 0.120 e. The largest absolute Gasteiger partial charge is 0.375 e. The smallest absolute Gasteiger partial charge is 0.120 e. The number of halogens is 1. The predicted octanol–water partition coefficient (Wildman–Crippen LogP) is 2.78. The fourth-order valence-corrected chi connectivity index (χ4v) is 4.32. The molecule has 3 fully saturated rings. The fraction of sp³-hybridized carbons (Fsp3) is 1.00. The van der Waals surface area contributed by atoms with Crippen molar-refractivity contribution in [1.82, 2.24) is 4.90 Å². The molecule has 0 aromatic carbocycles. The van der Waals surface area contributed by atoms with Gasteiger partial charge in [-0.25, -0.2) is 4.39 Å². The molecular weight excluding hydrogens is 257 g/mol. The van der Waals surface area contributed by atoms with E-state index >= 15 is 0 Å². The van der Waals surface area contributed by atoms with Crippen LogP contribution >= 0.6 is 0 Å². The van der Waals surface area contributed by atoms with Gasteiger partial charge in [0.1, 0.15) is 11.8 Å². The van der Waals surface area contributed by atoms with Crippen molar-refractivity contribution in [1.29, 1.82) is 0 Å². The van der Waals surface area contributed by atoms with Gasteiger partial charge < -0.3 is 9.47 Å². The highest BCUT2D eigenvalue weighted by Gasteiger charge is 2.59. The molecule has 3 unspecified atom stereocenters. The zero-order valence-corrected chi connectivity index (χ0v) is 13.2. The van der Waals surface area contributed by atoms with Crippen molar-refractivity contribution in [2.45, 2.75) is 70.3 Å². The van der Waals surface area contributed by atoms with Gasteiger partial charge in [0, 0.05) is 5.54 Å². The normalized spacial score (nSPS) is 40.6. The summed E-state index contributed by atoms with van der Waals surface area (Å²) in [4.78, 5) is 2.42. The number of ether oxygens (including phenoxy) is 2. The molecule has 3 aliphatic heterocycles. The second kappa shape index (κ2) is 4.65. The molecule has 0 aliphatic carbocycles. The molecule has 0 aromatic heterocycles. The molecule has 0 N–H and O–H groups in total. The Hall–Kier alpha value is -0.190. The van der Waals surface area contributed by atoms with E-state index in [4.69, 9.17) is 9.47 Å². The lowest BCUT2D eigenvalue weighted by Gasteiger charge is -2.46. The van der Waals surface area contributed by atoms with Crippen molar-refractivity contribution in [3.63, 3.8) is 0 Å². The topological polar surface area (TPSA) is 21.7 Å². The third-order valence-corrected chi connectivity index (χ3v) is 5.70. The maximum atomic E-state index is 14.6. The highest BCUT2D eigenvalue weighted by Crippen LogP contribution is 2.53. The summed E-state index contributed by atoms with van der Waals surface area (Å²) < 4.78 is 25.8. The summed E-state index contributed by atoms with van der Waals surface area (Å²) in [6.07, 6.45) is 2.20. The Bertz CT molecular complexity index is 377. The zero-order chi connectivity index (χ0) is 14.6. The van der Waals surface area contributed by atoms with Crippen molar-refractivity contribution in [3.05, 3.63) is 0 Å². The standard InChI is InChI=1S/C16H28FNO2/c1-14(2,3)16-6-5-7-18(16)13(12(17)8-16)9-20-15(4)10-19-11-15/h12-13H,5-11H2,1-4H3. The van der Waals surface area contributed by atoms with Gasteiger partial charge in [0.2, 0.25) is 0 Å².